The molecule has 1 aliphatic heterocycles. The van der Waals surface area contributed by atoms with Crippen LogP contribution in [0.1, 0.15) is 18.9 Å². The molecule has 0 aliphatic carbocycles. The maximum atomic E-state index is 13.6. The molecule has 1 fully saturated rings. The number of hydrogen-bond donors (Lipinski definition) is 1. The Bertz CT molecular complexity index is 379. The van der Waals surface area contributed by atoms with E-state index in [2.05, 4.69) is 4.90 Å². The topological polar surface area (TPSA) is 23.5 Å². The largest absolute Gasteiger partial charge is 0.393 e. The third kappa shape index (κ3) is 2.97. The summed E-state index contributed by atoms with van der Waals surface area (Å²) in [4.78, 5) is 2.14. The van der Waals surface area contributed by atoms with Crippen molar-refractivity contribution >= 4 is 11.6 Å². The molecular weight excluding hydrogens is 241 g/mol. The van der Waals surface area contributed by atoms with Crippen LogP contribution >= 0.6 is 11.6 Å². The minimum atomic E-state index is -0.253. The molecule has 1 aromatic carbocycles. The van der Waals surface area contributed by atoms with Crippen LogP contribution in [-0.2, 0) is 6.54 Å². The van der Waals surface area contributed by atoms with Gasteiger partial charge in [-0.1, -0.05) is 24.6 Å². The van der Waals surface area contributed by atoms with Crippen molar-refractivity contribution < 1.29 is 9.50 Å². The Morgan fingerprint density at radius 2 is 2.29 bits per heavy atom. The van der Waals surface area contributed by atoms with Crippen LogP contribution in [0.4, 0.5) is 4.39 Å². The molecule has 2 rings (SSSR count). The Hall–Kier alpha value is -0.640. The lowest BCUT2D eigenvalue weighted by Crippen LogP contribution is -2.41. The van der Waals surface area contributed by atoms with Crippen LogP contribution in [-0.4, -0.2) is 29.2 Å². The molecule has 17 heavy (non-hydrogen) atoms. The van der Waals surface area contributed by atoms with Gasteiger partial charge in [0.05, 0.1) is 6.10 Å². The predicted octanol–water partition coefficient (Wildman–Crippen LogP) is 2.68. The molecule has 1 N–H and O–H groups in total. The lowest BCUT2D eigenvalue weighted by atomic mass is 9.96. The number of aliphatic hydroxyl groups excluding tert-OH is 1. The summed E-state index contributed by atoms with van der Waals surface area (Å²) in [5.41, 5.74) is 0.553. The Kier molecular flexibility index (Phi) is 4.02. The van der Waals surface area contributed by atoms with Crippen LogP contribution in [0.3, 0.4) is 0 Å². The summed E-state index contributed by atoms with van der Waals surface area (Å²) in [6.07, 6.45) is 0.509. The van der Waals surface area contributed by atoms with Gasteiger partial charge in [-0.2, -0.15) is 0 Å². The first-order chi connectivity index (χ1) is 8.08. The van der Waals surface area contributed by atoms with E-state index in [-0.39, 0.29) is 17.8 Å². The molecule has 2 unspecified atom stereocenters. The maximum Gasteiger partial charge on any atom is 0.129 e. The summed E-state index contributed by atoms with van der Waals surface area (Å²) < 4.78 is 13.6. The molecule has 1 saturated heterocycles. The molecule has 2 atom stereocenters. The Morgan fingerprint density at radius 1 is 1.53 bits per heavy atom. The minimum Gasteiger partial charge on any atom is -0.393 e. The fourth-order valence-corrected chi connectivity index (χ4v) is 2.49. The second-order valence-electron chi connectivity index (χ2n) is 4.77. The number of hydrogen-bond acceptors (Lipinski definition) is 2. The van der Waals surface area contributed by atoms with Gasteiger partial charge in [-0.3, -0.25) is 4.90 Å². The number of nitrogens with zero attached hydrogens (tertiary/aromatic N) is 1. The van der Waals surface area contributed by atoms with Crippen molar-refractivity contribution in [2.24, 2.45) is 5.92 Å². The highest BCUT2D eigenvalue weighted by Gasteiger charge is 2.25. The first-order valence-corrected chi connectivity index (χ1v) is 6.29. The molecule has 2 nitrogen and oxygen atoms in total. The number of benzene rings is 1. The van der Waals surface area contributed by atoms with E-state index in [1.54, 1.807) is 12.1 Å². The van der Waals surface area contributed by atoms with Crippen molar-refractivity contribution in [3.05, 3.63) is 34.6 Å². The van der Waals surface area contributed by atoms with Gasteiger partial charge in [0.1, 0.15) is 5.82 Å². The molecule has 94 valence electrons. The lowest BCUT2D eigenvalue weighted by Gasteiger charge is -2.34. The van der Waals surface area contributed by atoms with Crippen LogP contribution in [0.2, 0.25) is 5.02 Å². The summed E-state index contributed by atoms with van der Waals surface area (Å²) in [6, 6.07) is 4.76. The second kappa shape index (κ2) is 5.34. The number of rotatable bonds is 2. The molecule has 0 spiro atoms. The highest BCUT2D eigenvalue weighted by Crippen LogP contribution is 2.24. The Morgan fingerprint density at radius 3 is 2.94 bits per heavy atom. The second-order valence-corrected chi connectivity index (χ2v) is 5.18. The SMILES string of the molecule is CC1CN(Cc2c(F)cccc2Cl)CCC1O. The number of aliphatic hydroxyl groups is 1. The van der Waals surface area contributed by atoms with E-state index in [9.17, 15) is 9.50 Å². The number of piperidine rings is 1. The van der Waals surface area contributed by atoms with E-state index < -0.39 is 0 Å². The third-order valence-electron chi connectivity index (χ3n) is 3.39. The van der Waals surface area contributed by atoms with Crippen LogP contribution in [0, 0.1) is 11.7 Å². The van der Waals surface area contributed by atoms with Crippen molar-refractivity contribution in [3.8, 4) is 0 Å². The summed E-state index contributed by atoms with van der Waals surface area (Å²) in [5, 5.41) is 10.1. The average Bonchev–Trinajstić information content (AvgIpc) is 2.28. The van der Waals surface area contributed by atoms with Gasteiger partial charge in [-0.25, -0.2) is 4.39 Å². The highest BCUT2D eigenvalue weighted by atomic mass is 35.5. The fraction of sp³-hybridized carbons (Fsp3) is 0.538. The van der Waals surface area contributed by atoms with Crippen molar-refractivity contribution in [2.45, 2.75) is 26.0 Å². The van der Waals surface area contributed by atoms with E-state index in [1.165, 1.54) is 6.07 Å². The molecule has 0 saturated carbocycles. The van der Waals surface area contributed by atoms with Crippen LogP contribution in [0.5, 0.6) is 0 Å². The summed E-state index contributed by atoms with van der Waals surface area (Å²) >= 11 is 6.00. The van der Waals surface area contributed by atoms with Gasteiger partial charge in [-0.05, 0) is 24.5 Å². The molecule has 0 bridgehead atoms. The monoisotopic (exact) mass is 257 g/mol. The molecule has 1 heterocycles. The number of halogens is 2. The molecule has 1 aromatic rings. The van der Waals surface area contributed by atoms with Gasteiger partial charge in [0.2, 0.25) is 0 Å². The predicted molar refractivity (Wildman–Crippen MR) is 66.5 cm³/mol. The minimum absolute atomic E-state index is 0.231. The first kappa shape index (κ1) is 12.8. The van der Waals surface area contributed by atoms with Gasteiger partial charge in [-0.15, -0.1) is 0 Å². The molecule has 0 aromatic heterocycles. The third-order valence-corrected chi connectivity index (χ3v) is 3.74. The molecule has 0 radical (unpaired) electrons. The fourth-order valence-electron chi connectivity index (χ4n) is 2.27. The summed E-state index contributed by atoms with van der Waals surface area (Å²) in [7, 11) is 0. The molecule has 4 heteroatoms. The normalized spacial score (nSPS) is 26.1. The zero-order valence-corrected chi connectivity index (χ0v) is 10.6. The van der Waals surface area contributed by atoms with E-state index >= 15 is 0 Å². The van der Waals surface area contributed by atoms with Crippen molar-refractivity contribution in [1.29, 1.82) is 0 Å². The van der Waals surface area contributed by atoms with Crippen molar-refractivity contribution in [1.82, 2.24) is 4.90 Å². The van der Waals surface area contributed by atoms with Gasteiger partial charge >= 0.3 is 0 Å². The van der Waals surface area contributed by atoms with Gasteiger partial charge < -0.3 is 5.11 Å². The zero-order chi connectivity index (χ0) is 12.4. The maximum absolute atomic E-state index is 13.6. The zero-order valence-electron chi connectivity index (χ0n) is 9.87. The highest BCUT2D eigenvalue weighted by molar-refractivity contribution is 6.31. The first-order valence-electron chi connectivity index (χ1n) is 5.91. The summed E-state index contributed by atoms with van der Waals surface area (Å²) in [6.45, 7) is 4.10. The van der Waals surface area contributed by atoms with Gasteiger partial charge in [0.15, 0.2) is 0 Å². The van der Waals surface area contributed by atoms with Crippen LogP contribution < -0.4 is 0 Å². The quantitative estimate of drug-likeness (QED) is 0.881. The smallest absolute Gasteiger partial charge is 0.129 e. The lowest BCUT2D eigenvalue weighted by molar-refractivity contribution is 0.0317. The van der Waals surface area contributed by atoms with Crippen LogP contribution in [0.25, 0.3) is 0 Å². The molecule has 0 amide bonds. The summed E-state index contributed by atoms with van der Waals surface area (Å²) in [5.74, 6) is -0.0226. The van der Waals surface area contributed by atoms with Gasteiger partial charge in [0, 0.05) is 30.2 Å². The van der Waals surface area contributed by atoms with Crippen LogP contribution in [0.15, 0.2) is 18.2 Å². The van der Waals surface area contributed by atoms with Gasteiger partial charge in [0.25, 0.3) is 0 Å². The van der Waals surface area contributed by atoms with E-state index in [0.29, 0.717) is 17.1 Å². The number of likely N-dealkylation sites (tertiary alicyclic amines) is 1. The van der Waals surface area contributed by atoms with E-state index in [1.807, 2.05) is 6.92 Å². The van der Waals surface area contributed by atoms with E-state index in [0.717, 1.165) is 19.5 Å². The Labute approximate surface area is 106 Å². The average molecular weight is 258 g/mol. The Balaban J connectivity index is 2.06. The van der Waals surface area contributed by atoms with Crippen molar-refractivity contribution in [2.75, 3.05) is 13.1 Å². The molecular formula is C13H17ClFNO. The van der Waals surface area contributed by atoms with Crippen molar-refractivity contribution in [3.63, 3.8) is 0 Å². The van der Waals surface area contributed by atoms with E-state index in [4.69, 9.17) is 11.6 Å². The molecule has 1 aliphatic rings. The standard InChI is InChI=1S/C13H17ClFNO/c1-9-7-16(6-5-13(9)17)8-10-11(14)3-2-4-12(10)15/h2-4,9,13,17H,5-8H2,1H3.